The van der Waals surface area contributed by atoms with E-state index in [1.54, 1.807) is 0 Å². The summed E-state index contributed by atoms with van der Waals surface area (Å²) in [6.07, 6.45) is 0.461. The molecule has 19 heteroatoms. The smallest absolute Gasteiger partial charge is 0.328 e. The molecule has 11 N–H and O–H groups in total. The lowest BCUT2D eigenvalue weighted by atomic mass is 9.99. The molecule has 1 aliphatic heterocycles. The molecule has 63 heavy (non-hydrogen) atoms. The first-order valence-corrected chi connectivity index (χ1v) is 22.0. The number of carbonyl (C=O) groups is 8. The third-order valence-electron chi connectivity index (χ3n) is 10.6. The lowest BCUT2D eigenvalue weighted by Gasteiger charge is -2.32. The maximum atomic E-state index is 14.0. The van der Waals surface area contributed by atoms with Gasteiger partial charge in [-0.2, -0.15) is 0 Å². The first kappa shape index (κ1) is 54.0. The van der Waals surface area contributed by atoms with Gasteiger partial charge in [0, 0.05) is 7.05 Å². The Morgan fingerprint density at radius 1 is 0.778 bits per heavy atom. The monoisotopic (exact) mass is 888 g/mol. The second kappa shape index (κ2) is 26.5. The minimum Gasteiger partial charge on any atom is -0.458 e. The number of nitrogens with two attached hydrogens (primary N) is 2. The number of unbranched alkanes of at least 4 members (excludes halogenated alkanes) is 1. The molecule has 1 fully saturated rings. The van der Waals surface area contributed by atoms with E-state index < -0.39 is 108 Å². The molecule has 0 unspecified atom stereocenters. The number of benzene rings is 1. The number of hydrogen-bond acceptors (Lipinski definition) is 12. The highest BCUT2D eigenvalue weighted by molar-refractivity contribution is 5.98. The highest BCUT2D eigenvalue weighted by atomic mass is 16.5. The van der Waals surface area contributed by atoms with Gasteiger partial charge in [0.25, 0.3) is 0 Å². The van der Waals surface area contributed by atoms with Crippen LogP contribution in [0.3, 0.4) is 0 Å². The van der Waals surface area contributed by atoms with Crippen molar-refractivity contribution in [2.45, 2.75) is 155 Å². The number of carbonyl (C=O) groups excluding carboxylic acids is 8. The minimum absolute atomic E-state index is 0.0248. The van der Waals surface area contributed by atoms with E-state index in [4.69, 9.17) is 16.2 Å². The van der Waals surface area contributed by atoms with E-state index in [-0.39, 0.29) is 49.9 Å². The Labute approximate surface area is 371 Å². The van der Waals surface area contributed by atoms with Gasteiger partial charge < -0.3 is 58.1 Å². The molecule has 19 nitrogen and oxygen atoms in total. The number of aliphatic hydroxyl groups excluding tert-OH is 1. The number of esters is 1. The van der Waals surface area contributed by atoms with Gasteiger partial charge in [-0.1, -0.05) is 71.9 Å². The van der Waals surface area contributed by atoms with Crippen LogP contribution in [0.1, 0.15) is 99.5 Å². The lowest BCUT2D eigenvalue weighted by Crippen LogP contribution is -2.62. The average Bonchev–Trinajstić information content (AvgIpc) is 3.21. The molecule has 1 aromatic rings. The van der Waals surface area contributed by atoms with Gasteiger partial charge in [-0.25, -0.2) is 4.79 Å². The Hall–Kier alpha value is -5.14. The Kier molecular flexibility index (Phi) is 22.7. The van der Waals surface area contributed by atoms with Crippen LogP contribution in [0, 0.1) is 17.8 Å². The highest BCUT2D eigenvalue weighted by Crippen LogP contribution is 2.16. The topological polar surface area (TPSA) is 293 Å². The van der Waals surface area contributed by atoms with Crippen LogP contribution in [0.15, 0.2) is 30.3 Å². The fraction of sp³-hybridized carbons (Fsp3) is 0.682. The Morgan fingerprint density at radius 3 is 1.94 bits per heavy atom. The fourth-order valence-corrected chi connectivity index (χ4v) is 7.06. The first-order valence-electron chi connectivity index (χ1n) is 22.0. The second-order valence-corrected chi connectivity index (χ2v) is 17.7. The van der Waals surface area contributed by atoms with Crippen LogP contribution in [0.25, 0.3) is 0 Å². The zero-order valence-corrected chi connectivity index (χ0v) is 38.4. The molecule has 9 atom stereocenters. The molecule has 0 bridgehead atoms. The predicted molar refractivity (Wildman–Crippen MR) is 236 cm³/mol. The van der Waals surface area contributed by atoms with Crippen LogP contribution in [-0.4, -0.2) is 132 Å². The third kappa shape index (κ3) is 17.9. The van der Waals surface area contributed by atoms with Crippen LogP contribution in [0.4, 0.5) is 0 Å². The van der Waals surface area contributed by atoms with Crippen LogP contribution in [-0.2, 0) is 49.5 Å². The predicted octanol–water partition coefficient (Wildman–Crippen LogP) is -0.483. The van der Waals surface area contributed by atoms with E-state index in [2.05, 4.69) is 31.9 Å². The Balaban J connectivity index is 2.37. The maximum Gasteiger partial charge on any atom is 0.328 e. The van der Waals surface area contributed by atoms with Crippen molar-refractivity contribution < 1.29 is 48.2 Å². The summed E-state index contributed by atoms with van der Waals surface area (Å²) in [5, 5.41) is 25.8. The Morgan fingerprint density at radius 2 is 1.37 bits per heavy atom. The number of amides is 7. The van der Waals surface area contributed by atoms with Gasteiger partial charge in [0.1, 0.15) is 48.4 Å². The molecular weight excluding hydrogens is 815 g/mol. The van der Waals surface area contributed by atoms with Crippen molar-refractivity contribution in [3.63, 3.8) is 0 Å². The molecular formula is C44H73N9O10. The zero-order chi connectivity index (χ0) is 47.6. The molecule has 1 aliphatic rings. The SMILES string of the molecule is CC(C)C[C@@H]1NC(=O)[C@H](C)NC(=O)[C@H](NC(=O)[C@H](CO)NC(=O)[C@@H](CCCCN)NC(=O)[C@@H](CC(C)C)N(C)C(=O)[C@@H](N)Cc2ccccc2)[C@H](C)OC(=O)[C@H](CC(C)C)NC1=O. The summed E-state index contributed by atoms with van der Waals surface area (Å²) >= 11 is 0. The van der Waals surface area contributed by atoms with E-state index in [1.807, 2.05) is 71.9 Å². The molecule has 0 radical (unpaired) electrons. The van der Waals surface area contributed by atoms with Crippen molar-refractivity contribution in [1.82, 2.24) is 36.8 Å². The number of aliphatic hydroxyl groups is 1. The van der Waals surface area contributed by atoms with Crippen LogP contribution < -0.4 is 43.4 Å². The number of rotatable bonds is 21. The normalized spacial score (nSPS) is 21.9. The van der Waals surface area contributed by atoms with Crippen molar-refractivity contribution in [2.75, 3.05) is 20.2 Å². The minimum atomic E-state index is -1.68. The molecule has 1 saturated heterocycles. The summed E-state index contributed by atoms with van der Waals surface area (Å²) in [5.41, 5.74) is 12.9. The quantitative estimate of drug-likeness (QED) is 0.0559. The van der Waals surface area contributed by atoms with Crippen LogP contribution >= 0.6 is 0 Å². The number of nitrogens with zero attached hydrogens (tertiary/aromatic N) is 1. The molecule has 0 spiro atoms. The van der Waals surface area contributed by atoms with Crippen molar-refractivity contribution in [1.29, 1.82) is 0 Å². The van der Waals surface area contributed by atoms with Gasteiger partial charge in [0.2, 0.25) is 41.4 Å². The van der Waals surface area contributed by atoms with E-state index in [0.717, 1.165) is 5.56 Å². The van der Waals surface area contributed by atoms with Gasteiger partial charge in [0.15, 0.2) is 0 Å². The van der Waals surface area contributed by atoms with Crippen molar-refractivity contribution in [2.24, 2.45) is 29.2 Å². The standard InChI is InChI=1S/C44H73N9O10/c1-24(2)19-32-39(57)50-33(20-25(3)4)44(62)63-28(8)36(42(60)47-27(7)37(55)49-32)52-40(58)34(23-54)51-38(56)31(17-13-14-18-45)48-41(59)35(21-26(5)6)53(9)43(61)30(46)22-29-15-11-10-12-16-29/h10-12,15-16,24-28,30-36,54H,13-14,17-23,45-46H2,1-9H3,(H,47,60)(H,48,59)(H,49,55)(H,50,57)(H,51,56)(H,52,58)/t27-,28-,30-,31+,32-,33-,34-,35+,36+/m0/s1. The van der Waals surface area contributed by atoms with Gasteiger partial charge in [0.05, 0.1) is 12.6 Å². The molecule has 1 heterocycles. The van der Waals surface area contributed by atoms with E-state index >= 15 is 0 Å². The number of cyclic esters (lactones) is 1. The molecule has 7 amide bonds. The zero-order valence-electron chi connectivity index (χ0n) is 38.4. The molecule has 2 rings (SSSR count). The van der Waals surface area contributed by atoms with Crippen LogP contribution in [0.2, 0.25) is 0 Å². The highest BCUT2D eigenvalue weighted by Gasteiger charge is 2.39. The molecule has 0 aromatic heterocycles. The molecule has 1 aromatic carbocycles. The summed E-state index contributed by atoms with van der Waals surface area (Å²) in [5.74, 6) is -6.29. The van der Waals surface area contributed by atoms with Crippen molar-refractivity contribution in [3.8, 4) is 0 Å². The summed E-state index contributed by atoms with van der Waals surface area (Å²) in [6, 6.07) is -0.750. The Bertz CT molecular complexity index is 1690. The average molecular weight is 888 g/mol. The summed E-state index contributed by atoms with van der Waals surface area (Å²) in [4.78, 5) is 111. The maximum absolute atomic E-state index is 14.0. The largest absolute Gasteiger partial charge is 0.458 e. The van der Waals surface area contributed by atoms with Gasteiger partial charge in [-0.05, 0) is 88.7 Å². The number of ether oxygens (including phenoxy) is 1. The summed E-state index contributed by atoms with van der Waals surface area (Å²) < 4.78 is 5.67. The second-order valence-electron chi connectivity index (χ2n) is 17.7. The first-order chi connectivity index (χ1) is 29.6. The lowest BCUT2D eigenvalue weighted by molar-refractivity contribution is -0.156. The van der Waals surface area contributed by atoms with E-state index in [1.165, 1.54) is 25.8 Å². The van der Waals surface area contributed by atoms with Gasteiger partial charge >= 0.3 is 5.97 Å². The van der Waals surface area contributed by atoms with Crippen molar-refractivity contribution >= 4 is 47.3 Å². The number of nitrogens with one attached hydrogen (secondary N) is 6. The van der Waals surface area contributed by atoms with Crippen molar-refractivity contribution in [3.05, 3.63) is 35.9 Å². The third-order valence-corrected chi connectivity index (χ3v) is 10.6. The van der Waals surface area contributed by atoms with Crippen LogP contribution in [0.5, 0.6) is 0 Å². The summed E-state index contributed by atoms with van der Waals surface area (Å²) in [7, 11) is 1.48. The van der Waals surface area contributed by atoms with Gasteiger partial charge in [-0.15, -0.1) is 0 Å². The number of hydrogen-bond donors (Lipinski definition) is 9. The number of likely N-dealkylation sites (N-methyl/N-ethyl adjacent to an activating group) is 1. The fourth-order valence-electron chi connectivity index (χ4n) is 7.06. The summed E-state index contributed by atoms with van der Waals surface area (Å²) in [6.45, 7) is 13.2. The molecule has 0 aliphatic carbocycles. The molecule has 354 valence electrons. The van der Waals surface area contributed by atoms with E-state index in [9.17, 15) is 43.5 Å². The van der Waals surface area contributed by atoms with Gasteiger partial charge in [-0.3, -0.25) is 33.6 Å². The molecule has 0 saturated carbocycles. The van der Waals surface area contributed by atoms with E-state index in [0.29, 0.717) is 19.4 Å².